The number of rotatable bonds is 1. The van der Waals surface area contributed by atoms with Gasteiger partial charge in [-0.15, -0.1) is 0 Å². The average Bonchev–Trinajstić information content (AvgIpc) is 3.10. The Bertz CT molecular complexity index is 1220. The SMILES string of the molecule is Cn1c(-c2nc3ncc(C(F)(F)F)cn3c2I)nc2cc(C(F)(F)F)cnc21. The maximum absolute atomic E-state index is 12.9. The molecular weight excluding hydrogens is 505 g/mol. The molecule has 146 valence electrons. The van der Waals surface area contributed by atoms with Crippen molar-refractivity contribution < 1.29 is 26.3 Å². The number of aryl methyl sites for hydroxylation is 1. The van der Waals surface area contributed by atoms with Crippen LogP contribution in [0.3, 0.4) is 0 Å². The Labute approximate surface area is 165 Å². The first kappa shape index (κ1) is 18.9. The number of fused-ring (bicyclic) bond motifs is 2. The molecule has 0 fully saturated rings. The number of alkyl halides is 6. The van der Waals surface area contributed by atoms with Crippen molar-refractivity contribution in [2.45, 2.75) is 12.4 Å². The van der Waals surface area contributed by atoms with Crippen molar-refractivity contribution in [3.63, 3.8) is 0 Å². The van der Waals surface area contributed by atoms with Crippen LogP contribution >= 0.6 is 22.6 Å². The predicted octanol–water partition coefficient (Wildman–Crippen LogP) is 4.32. The van der Waals surface area contributed by atoms with Crippen molar-refractivity contribution in [1.29, 1.82) is 0 Å². The minimum Gasteiger partial charge on any atom is -0.310 e. The Kier molecular flexibility index (Phi) is 4.06. The molecule has 28 heavy (non-hydrogen) atoms. The van der Waals surface area contributed by atoms with Gasteiger partial charge in [-0.3, -0.25) is 4.40 Å². The standard InChI is InChI=1S/C15H7F6IN6/c1-27-11-8(2-6(3-23-11)14(16,17)18)25-12(27)9-10(22)28-5-7(15(19,20)21)4-24-13(28)26-9/h2-5H,1H3. The molecular formula is C15H7F6IN6. The summed E-state index contributed by atoms with van der Waals surface area (Å²) in [4.78, 5) is 15.8. The van der Waals surface area contributed by atoms with Crippen molar-refractivity contribution in [1.82, 2.24) is 28.9 Å². The quantitative estimate of drug-likeness (QED) is 0.282. The largest absolute Gasteiger partial charge is 0.419 e. The van der Waals surface area contributed by atoms with Crippen LogP contribution in [-0.2, 0) is 19.4 Å². The summed E-state index contributed by atoms with van der Waals surface area (Å²) in [6, 6.07) is 0.856. The zero-order chi connectivity index (χ0) is 20.4. The highest BCUT2D eigenvalue weighted by atomic mass is 127. The van der Waals surface area contributed by atoms with Gasteiger partial charge < -0.3 is 4.57 Å². The number of pyridine rings is 1. The molecule has 0 amide bonds. The first-order valence-corrected chi connectivity index (χ1v) is 8.55. The lowest BCUT2D eigenvalue weighted by Gasteiger charge is -2.06. The van der Waals surface area contributed by atoms with E-state index in [0.29, 0.717) is 12.4 Å². The number of hydrogen-bond acceptors (Lipinski definition) is 4. The molecule has 0 aliphatic heterocycles. The van der Waals surface area contributed by atoms with E-state index in [1.807, 2.05) is 0 Å². The Morgan fingerprint density at radius 1 is 0.929 bits per heavy atom. The van der Waals surface area contributed by atoms with Crippen LogP contribution < -0.4 is 0 Å². The summed E-state index contributed by atoms with van der Waals surface area (Å²) in [5.41, 5.74) is -1.56. The van der Waals surface area contributed by atoms with Gasteiger partial charge in [-0.2, -0.15) is 26.3 Å². The summed E-state index contributed by atoms with van der Waals surface area (Å²) in [6.07, 6.45) is -6.95. The number of hydrogen-bond donors (Lipinski definition) is 0. The van der Waals surface area contributed by atoms with Crippen LogP contribution in [0, 0.1) is 3.70 Å². The molecule has 4 heterocycles. The van der Waals surface area contributed by atoms with Crippen LogP contribution in [0.25, 0.3) is 28.5 Å². The lowest BCUT2D eigenvalue weighted by Crippen LogP contribution is -2.07. The number of halogens is 7. The van der Waals surface area contributed by atoms with Crippen molar-refractivity contribution in [3.05, 3.63) is 39.5 Å². The highest BCUT2D eigenvalue weighted by Crippen LogP contribution is 2.33. The molecule has 0 saturated carbocycles. The van der Waals surface area contributed by atoms with Crippen molar-refractivity contribution in [3.8, 4) is 11.5 Å². The van der Waals surface area contributed by atoms with Gasteiger partial charge in [-0.05, 0) is 28.7 Å². The fraction of sp³-hybridized carbons (Fsp3) is 0.200. The minimum atomic E-state index is -4.58. The molecule has 0 atom stereocenters. The molecule has 0 radical (unpaired) electrons. The molecule has 4 aromatic rings. The normalized spacial score (nSPS) is 13.0. The summed E-state index contributed by atoms with van der Waals surface area (Å²) < 4.78 is 80.3. The molecule has 4 rings (SSSR count). The monoisotopic (exact) mass is 512 g/mol. The zero-order valence-corrected chi connectivity index (χ0v) is 15.8. The lowest BCUT2D eigenvalue weighted by molar-refractivity contribution is -0.138. The van der Waals surface area contributed by atoms with Crippen LogP contribution in [0.2, 0.25) is 0 Å². The van der Waals surface area contributed by atoms with Gasteiger partial charge in [0.2, 0.25) is 5.78 Å². The third-order valence-electron chi connectivity index (χ3n) is 4.00. The molecule has 0 bridgehead atoms. The Morgan fingerprint density at radius 2 is 1.57 bits per heavy atom. The first-order valence-electron chi connectivity index (χ1n) is 7.47. The average molecular weight is 512 g/mol. The van der Waals surface area contributed by atoms with Gasteiger partial charge in [-0.1, -0.05) is 0 Å². The molecule has 13 heteroatoms. The summed E-state index contributed by atoms with van der Waals surface area (Å²) in [7, 11) is 1.53. The third kappa shape index (κ3) is 2.97. The van der Waals surface area contributed by atoms with E-state index < -0.39 is 23.5 Å². The Hall–Kier alpha value is -2.45. The highest BCUT2D eigenvalue weighted by Gasteiger charge is 2.33. The van der Waals surface area contributed by atoms with Crippen LogP contribution in [0.5, 0.6) is 0 Å². The van der Waals surface area contributed by atoms with Crippen molar-refractivity contribution >= 4 is 39.5 Å². The van der Waals surface area contributed by atoms with Crippen LogP contribution in [0.4, 0.5) is 26.3 Å². The molecule has 4 aromatic heterocycles. The van der Waals surface area contributed by atoms with E-state index in [1.165, 1.54) is 11.6 Å². The van der Waals surface area contributed by atoms with Crippen LogP contribution in [0.1, 0.15) is 11.1 Å². The molecule has 0 saturated heterocycles. The fourth-order valence-electron chi connectivity index (χ4n) is 2.64. The van der Waals surface area contributed by atoms with Gasteiger partial charge in [0.1, 0.15) is 14.9 Å². The summed E-state index contributed by atoms with van der Waals surface area (Å²) in [5, 5.41) is 0. The van der Waals surface area contributed by atoms with Crippen molar-refractivity contribution in [2.24, 2.45) is 7.05 Å². The Balaban J connectivity index is 1.91. The van der Waals surface area contributed by atoms with E-state index in [1.54, 1.807) is 22.6 Å². The van der Waals surface area contributed by atoms with Gasteiger partial charge in [0.15, 0.2) is 11.5 Å². The number of aromatic nitrogens is 6. The summed E-state index contributed by atoms with van der Waals surface area (Å²) >= 11 is 1.78. The number of imidazole rings is 2. The molecule has 0 aromatic carbocycles. The number of nitrogens with zero attached hydrogens (tertiary/aromatic N) is 6. The second-order valence-corrected chi connectivity index (χ2v) is 6.84. The lowest BCUT2D eigenvalue weighted by atomic mass is 10.2. The van der Waals surface area contributed by atoms with E-state index in [-0.39, 0.29) is 32.2 Å². The zero-order valence-electron chi connectivity index (χ0n) is 13.6. The molecule has 0 N–H and O–H groups in total. The van der Waals surface area contributed by atoms with Gasteiger partial charge in [0.25, 0.3) is 0 Å². The van der Waals surface area contributed by atoms with Gasteiger partial charge in [0.05, 0.1) is 11.1 Å². The maximum atomic E-state index is 12.9. The molecule has 6 nitrogen and oxygen atoms in total. The third-order valence-corrected chi connectivity index (χ3v) is 5.03. The first-order chi connectivity index (χ1) is 13.0. The Morgan fingerprint density at radius 3 is 2.21 bits per heavy atom. The van der Waals surface area contributed by atoms with Gasteiger partial charge >= 0.3 is 12.4 Å². The predicted molar refractivity (Wildman–Crippen MR) is 93.2 cm³/mol. The van der Waals surface area contributed by atoms with Crippen LogP contribution in [-0.4, -0.2) is 28.9 Å². The second kappa shape index (κ2) is 6.02. The molecule has 0 spiro atoms. The van der Waals surface area contributed by atoms with E-state index >= 15 is 0 Å². The minimum absolute atomic E-state index is 0.00314. The molecule has 0 aliphatic rings. The smallest absolute Gasteiger partial charge is 0.310 e. The van der Waals surface area contributed by atoms with Gasteiger partial charge in [0, 0.05) is 25.6 Å². The van der Waals surface area contributed by atoms with E-state index in [2.05, 4.69) is 19.9 Å². The van der Waals surface area contributed by atoms with Gasteiger partial charge in [-0.25, -0.2) is 19.9 Å². The highest BCUT2D eigenvalue weighted by molar-refractivity contribution is 14.1. The summed E-state index contributed by atoms with van der Waals surface area (Å²) in [5.74, 6) is 0.161. The maximum Gasteiger partial charge on any atom is 0.419 e. The second-order valence-electron chi connectivity index (χ2n) is 5.82. The van der Waals surface area contributed by atoms with Crippen molar-refractivity contribution in [2.75, 3.05) is 0 Å². The molecule has 0 unspecified atom stereocenters. The van der Waals surface area contributed by atoms with E-state index in [9.17, 15) is 26.3 Å². The van der Waals surface area contributed by atoms with E-state index in [0.717, 1.165) is 16.7 Å². The topological polar surface area (TPSA) is 60.9 Å². The fourth-order valence-corrected chi connectivity index (χ4v) is 3.36. The summed E-state index contributed by atoms with van der Waals surface area (Å²) in [6.45, 7) is 0. The van der Waals surface area contributed by atoms with Crippen LogP contribution in [0.15, 0.2) is 24.7 Å². The van der Waals surface area contributed by atoms with E-state index in [4.69, 9.17) is 0 Å². The molecule has 0 aliphatic carbocycles.